The molecule has 3 rings (SSSR count). The molecule has 1 aliphatic rings. The second-order valence-electron chi connectivity index (χ2n) is 5.60. The van der Waals surface area contributed by atoms with Gasteiger partial charge in [0.2, 0.25) is 10.0 Å². The minimum absolute atomic E-state index is 0.120. The summed E-state index contributed by atoms with van der Waals surface area (Å²) in [7, 11) is -3.56. The highest BCUT2D eigenvalue weighted by molar-refractivity contribution is 7.89. The molecule has 0 unspecified atom stereocenters. The highest BCUT2D eigenvalue weighted by atomic mass is 35.5. The van der Waals surface area contributed by atoms with E-state index in [1.807, 2.05) is 0 Å². The highest BCUT2D eigenvalue weighted by Crippen LogP contribution is 2.33. The third kappa shape index (κ3) is 3.67. The Labute approximate surface area is 150 Å². The van der Waals surface area contributed by atoms with Gasteiger partial charge in [0.25, 0.3) is 5.69 Å². The van der Waals surface area contributed by atoms with Gasteiger partial charge in [-0.15, -0.1) is 0 Å². The fraction of sp³-hybridized carbons (Fsp3) is 0.250. The van der Waals surface area contributed by atoms with E-state index in [9.17, 15) is 18.5 Å². The van der Waals surface area contributed by atoms with Crippen LogP contribution in [0.5, 0.6) is 0 Å². The summed E-state index contributed by atoms with van der Waals surface area (Å²) in [5, 5.41) is 14.6. The van der Waals surface area contributed by atoms with E-state index in [-0.39, 0.29) is 15.6 Å². The van der Waals surface area contributed by atoms with Crippen LogP contribution in [0.2, 0.25) is 5.02 Å². The number of rotatable bonds is 4. The van der Waals surface area contributed by atoms with Crippen molar-refractivity contribution in [3.05, 3.63) is 57.6 Å². The third-order valence-corrected chi connectivity index (χ3v) is 6.18. The molecule has 0 radical (unpaired) electrons. The average molecular weight is 382 g/mol. The molecule has 7 nitrogen and oxygen atoms in total. The first-order chi connectivity index (χ1) is 11.9. The summed E-state index contributed by atoms with van der Waals surface area (Å²) >= 11 is 5.83. The molecule has 0 saturated carbocycles. The van der Waals surface area contributed by atoms with Crippen molar-refractivity contribution < 1.29 is 13.3 Å². The van der Waals surface area contributed by atoms with Crippen molar-refractivity contribution >= 4 is 27.3 Å². The molecule has 1 heterocycles. The topological polar surface area (TPSA) is 92.5 Å². The zero-order valence-electron chi connectivity index (χ0n) is 13.2. The van der Waals surface area contributed by atoms with Crippen LogP contribution < -0.4 is 5.32 Å². The number of nitrogens with zero attached hydrogens (tertiary/aromatic N) is 2. The van der Waals surface area contributed by atoms with Crippen LogP contribution in [0.4, 0.5) is 5.69 Å². The van der Waals surface area contributed by atoms with Crippen molar-refractivity contribution in [1.29, 1.82) is 0 Å². The zero-order valence-corrected chi connectivity index (χ0v) is 14.8. The Balaban J connectivity index is 1.94. The van der Waals surface area contributed by atoms with Crippen molar-refractivity contribution in [3.8, 4) is 11.1 Å². The summed E-state index contributed by atoms with van der Waals surface area (Å²) in [6.07, 6.45) is 0. The van der Waals surface area contributed by atoms with Gasteiger partial charge in [0.1, 0.15) is 0 Å². The first kappa shape index (κ1) is 17.8. The van der Waals surface area contributed by atoms with E-state index in [1.54, 1.807) is 24.3 Å². The lowest BCUT2D eigenvalue weighted by atomic mass is 10.0. The molecule has 0 bridgehead atoms. The molecule has 2 aromatic carbocycles. The van der Waals surface area contributed by atoms with Gasteiger partial charge in [-0.3, -0.25) is 10.1 Å². The maximum atomic E-state index is 12.6. The van der Waals surface area contributed by atoms with E-state index in [1.165, 1.54) is 22.5 Å². The molecule has 132 valence electrons. The zero-order chi connectivity index (χ0) is 18.0. The van der Waals surface area contributed by atoms with Crippen LogP contribution >= 0.6 is 11.6 Å². The number of nitro benzene ring substituents is 1. The Morgan fingerprint density at radius 3 is 2.32 bits per heavy atom. The summed E-state index contributed by atoms with van der Waals surface area (Å²) in [6, 6.07) is 10.5. The lowest BCUT2D eigenvalue weighted by Gasteiger charge is -2.26. The first-order valence-corrected chi connectivity index (χ1v) is 9.46. The number of hydrogen-bond donors (Lipinski definition) is 1. The molecular formula is C16H16ClN3O4S. The SMILES string of the molecule is O=[N+]([O-])c1cc(Cl)ccc1-c1ccc(S(=O)(=O)N2CCNCC2)cc1. The maximum Gasteiger partial charge on any atom is 0.278 e. The maximum absolute atomic E-state index is 12.6. The number of benzene rings is 2. The van der Waals surface area contributed by atoms with E-state index < -0.39 is 14.9 Å². The van der Waals surface area contributed by atoms with E-state index in [0.29, 0.717) is 37.3 Å². The summed E-state index contributed by atoms with van der Waals surface area (Å²) in [5.41, 5.74) is 0.827. The summed E-state index contributed by atoms with van der Waals surface area (Å²) < 4.78 is 26.7. The molecule has 1 N–H and O–H groups in total. The number of halogens is 1. The first-order valence-electron chi connectivity index (χ1n) is 7.65. The minimum Gasteiger partial charge on any atom is -0.314 e. The number of nitro groups is 1. The molecule has 0 aliphatic carbocycles. The standard InChI is InChI=1S/C16H16ClN3O4S/c17-13-3-6-15(16(11-13)20(21)22)12-1-4-14(5-2-12)25(23,24)19-9-7-18-8-10-19/h1-6,11,18H,7-10H2. The van der Waals surface area contributed by atoms with Crippen molar-refractivity contribution in [2.75, 3.05) is 26.2 Å². The molecule has 0 amide bonds. The fourth-order valence-corrected chi connectivity index (χ4v) is 4.35. The van der Waals surface area contributed by atoms with Crippen LogP contribution in [-0.4, -0.2) is 43.8 Å². The largest absolute Gasteiger partial charge is 0.314 e. The van der Waals surface area contributed by atoms with E-state index in [2.05, 4.69) is 5.32 Å². The van der Waals surface area contributed by atoms with Gasteiger partial charge in [-0.1, -0.05) is 23.7 Å². The molecule has 0 spiro atoms. The number of piperazine rings is 1. The van der Waals surface area contributed by atoms with Crippen LogP contribution in [-0.2, 0) is 10.0 Å². The van der Waals surface area contributed by atoms with E-state index in [4.69, 9.17) is 11.6 Å². The molecule has 0 atom stereocenters. The van der Waals surface area contributed by atoms with Crippen LogP contribution in [0.3, 0.4) is 0 Å². The van der Waals surface area contributed by atoms with Gasteiger partial charge in [0.05, 0.1) is 15.4 Å². The molecule has 1 saturated heterocycles. The number of sulfonamides is 1. The lowest BCUT2D eigenvalue weighted by Crippen LogP contribution is -2.46. The number of nitrogens with one attached hydrogen (secondary N) is 1. The van der Waals surface area contributed by atoms with Crippen molar-refractivity contribution in [3.63, 3.8) is 0 Å². The summed E-state index contributed by atoms with van der Waals surface area (Å²) in [6.45, 7) is 2.09. The fourth-order valence-electron chi connectivity index (χ4n) is 2.74. The van der Waals surface area contributed by atoms with E-state index in [0.717, 1.165) is 0 Å². The predicted molar refractivity (Wildman–Crippen MR) is 95.2 cm³/mol. The monoisotopic (exact) mass is 381 g/mol. The van der Waals surface area contributed by atoms with Gasteiger partial charge in [0, 0.05) is 37.3 Å². The minimum atomic E-state index is -3.56. The number of hydrogen-bond acceptors (Lipinski definition) is 5. The second kappa shape index (κ2) is 7.09. The Hall–Kier alpha value is -2.00. The normalized spacial score (nSPS) is 15.9. The van der Waals surface area contributed by atoms with Gasteiger partial charge in [0.15, 0.2) is 0 Å². The third-order valence-electron chi connectivity index (χ3n) is 4.04. The quantitative estimate of drug-likeness (QED) is 0.648. The van der Waals surface area contributed by atoms with Crippen LogP contribution in [0.1, 0.15) is 0 Å². The molecule has 1 aliphatic heterocycles. The molecule has 0 aromatic heterocycles. The van der Waals surface area contributed by atoms with E-state index >= 15 is 0 Å². The van der Waals surface area contributed by atoms with Gasteiger partial charge in [-0.05, 0) is 29.8 Å². The average Bonchev–Trinajstić information content (AvgIpc) is 2.62. The molecule has 25 heavy (non-hydrogen) atoms. The van der Waals surface area contributed by atoms with Gasteiger partial charge in [-0.25, -0.2) is 8.42 Å². The molecule has 9 heteroatoms. The molecular weight excluding hydrogens is 366 g/mol. The van der Waals surface area contributed by atoms with Crippen LogP contribution in [0.25, 0.3) is 11.1 Å². The van der Waals surface area contributed by atoms with Crippen molar-refractivity contribution in [1.82, 2.24) is 9.62 Å². The second-order valence-corrected chi connectivity index (χ2v) is 7.97. The summed E-state index contributed by atoms with van der Waals surface area (Å²) in [4.78, 5) is 10.9. The Morgan fingerprint density at radius 1 is 1.08 bits per heavy atom. The lowest BCUT2D eigenvalue weighted by molar-refractivity contribution is -0.384. The van der Waals surface area contributed by atoms with Gasteiger partial charge < -0.3 is 5.32 Å². The van der Waals surface area contributed by atoms with Gasteiger partial charge >= 0.3 is 0 Å². The van der Waals surface area contributed by atoms with Crippen LogP contribution in [0, 0.1) is 10.1 Å². The Morgan fingerprint density at radius 2 is 1.72 bits per heavy atom. The van der Waals surface area contributed by atoms with Crippen LogP contribution in [0.15, 0.2) is 47.4 Å². The molecule has 2 aromatic rings. The smallest absolute Gasteiger partial charge is 0.278 e. The molecule has 1 fully saturated rings. The van der Waals surface area contributed by atoms with Crippen molar-refractivity contribution in [2.45, 2.75) is 4.90 Å². The van der Waals surface area contributed by atoms with Gasteiger partial charge in [-0.2, -0.15) is 4.31 Å². The summed E-state index contributed by atoms with van der Waals surface area (Å²) in [5.74, 6) is 0. The Kier molecular flexibility index (Phi) is 5.05. The predicted octanol–water partition coefficient (Wildman–Crippen LogP) is 2.51. The highest BCUT2D eigenvalue weighted by Gasteiger charge is 2.26. The Bertz CT molecular complexity index is 894. The van der Waals surface area contributed by atoms with Crippen molar-refractivity contribution in [2.24, 2.45) is 0 Å².